The second-order valence-corrected chi connectivity index (χ2v) is 5.22. The average Bonchev–Trinajstić information content (AvgIpc) is 2.70. The van der Waals surface area contributed by atoms with Gasteiger partial charge in [0.05, 0.1) is 19.2 Å². The van der Waals surface area contributed by atoms with E-state index in [-0.39, 0.29) is 12.5 Å². The van der Waals surface area contributed by atoms with Gasteiger partial charge in [0.25, 0.3) is 0 Å². The molecule has 0 atom stereocenters. The van der Waals surface area contributed by atoms with Crippen molar-refractivity contribution >= 4 is 28.2 Å². The second-order valence-electron chi connectivity index (χ2n) is 4.09. The van der Waals surface area contributed by atoms with E-state index in [1.54, 1.807) is 11.0 Å². The van der Waals surface area contributed by atoms with Gasteiger partial charge in [-0.2, -0.15) is 0 Å². The van der Waals surface area contributed by atoms with E-state index in [1.165, 1.54) is 18.4 Å². The van der Waals surface area contributed by atoms with Crippen molar-refractivity contribution in [2.24, 2.45) is 0 Å². The number of thiophene rings is 1. The van der Waals surface area contributed by atoms with Gasteiger partial charge in [-0.3, -0.25) is 4.79 Å². The van der Waals surface area contributed by atoms with Crippen LogP contribution in [0, 0.1) is 0 Å². The highest BCUT2D eigenvalue weighted by Gasteiger charge is 2.18. The fourth-order valence-electron chi connectivity index (χ4n) is 1.42. The molecule has 5 nitrogen and oxygen atoms in total. The molecule has 1 aromatic heterocycles. The molecule has 0 radical (unpaired) electrons. The minimum Gasteiger partial charge on any atom is -0.465 e. The molecule has 100 valence electrons. The van der Waals surface area contributed by atoms with Crippen molar-refractivity contribution in [2.45, 2.75) is 13.3 Å². The number of amides is 1. The highest BCUT2D eigenvalue weighted by Crippen LogP contribution is 2.29. The number of carbonyl (C=O) groups excluding carboxylic acids is 2. The Morgan fingerprint density at radius 2 is 2.11 bits per heavy atom. The van der Waals surface area contributed by atoms with Crippen LogP contribution in [0.5, 0.6) is 0 Å². The first kappa shape index (κ1) is 14.7. The number of hydrogen-bond donors (Lipinski definition) is 1. The van der Waals surface area contributed by atoms with Crippen LogP contribution in [0.3, 0.4) is 0 Å². The van der Waals surface area contributed by atoms with E-state index in [2.05, 4.69) is 5.32 Å². The largest absolute Gasteiger partial charge is 0.465 e. The molecule has 0 saturated heterocycles. The summed E-state index contributed by atoms with van der Waals surface area (Å²) < 4.78 is 4.70. The van der Waals surface area contributed by atoms with Crippen molar-refractivity contribution in [1.82, 2.24) is 4.90 Å². The number of methoxy groups -OCH3 is 1. The first-order valence-corrected chi connectivity index (χ1v) is 6.45. The number of nitrogens with zero attached hydrogens (tertiary/aromatic N) is 1. The lowest BCUT2D eigenvalue weighted by atomic mass is 10.2. The highest BCUT2D eigenvalue weighted by molar-refractivity contribution is 7.16. The van der Waals surface area contributed by atoms with Crippen molar-refractivity contribution in [2.75, 3.05) is 33.1 Å². The molecule has 1 amide bonds. The Morgan fingerprint density at radius 1 is 1.44 bits per heavy atom. The number of aryl methyl sites for hydroxylation is 1. The fraction of sp³-hybridized carbons (Fsp3) is 0.500. The van der Waals surface area contributed by atoms with Gasteiger partial charge in [-0.25, -0.2) is 4.79 Å². The van der Waals surface area contributed by atoms with Crippen molar-refractivity contribution < 1.29 is 14.3 Å². The molecule has 1 N–H and O–H groups in total. The number of anilines is 1. The van der Waals surface area contributed by atoms with Gasteiger partial charge in [-0.05, 0) is 26.6 Å². The lowest BCUT2D eigenvalue weighted by Gasteiger charge is -2.09. The number of carbonyl (C=O) groups is 2. The van der Waals surface area contributed by atoms with E-state index in [1.807, 2.05) is 21.0 Å². The van der Waals surface area contributed by atoms with Gasteiger partial charge in [-0.15, -0.1) is 11.3 Å². The molecule has 0 aliphatic rings. The Balaban J connectivity index is 2.89. The molecule has 18 heavy (non-hydrogen) atoms. The summed E-state index contributed by atoms with van der Waals surface area (Å²) in [5.41, 5.74) is 0.423. The zero-order valence-corrected chi connectivity index (χ0v) is 11.9. The summed E-state index contributed by atoms with van der Waals surface area (Å²) in [5, 5.41) is 3.31. The summed E-state index contributed by atoms with van der Waals surface area (Å²) >= 11 is 1.41. The fourth-order valence-corrected chi connectivity index (χ4v) is 2.42. The highest BCUT2D eigenvalue weighted by atomic mass is 32.1. The smallest absolute Gasteiger partial charge is 0.340 e. The van der Waals surface area contributed by atoms with Gasteiger partial charge in [0.1, 0.15) is 5.00 Å². The van der Waals surface area contributed by atoms with Crippen LogP contribution in [-0.4, -0.2) is 44.5 Å². The Hall–Kier alpha value is -1.40. The molecule has 0 fully saturated rings. The average molecular weight is 270 g/mol. The second kappa shape index (κ2) is 6.51. The Kier molecular flexibility index (Phi) is 5.30. The monoisotopic (exact) mass is 270 g/mol. The predicted molar refractivity (Wildman–Crippen MR) is 72.2 cm³/mol. The zero-order valence-electron chi connectivity index (χ0n) is 11.1. The molecule has 0 bridgehead atoms. The third kappa shape index (κ3) is 3.82. The summed E-state index contributed by atoms with van der Waals surface area (Å²) in [6.07, 6.45) is 0.818. The Labute approximate surface area is 111 Å². The Morgan fingerprint density at radius 3 is 2.61 bits per heavy atom. The Bertz CT molecular complexity index is 441. The summed E-state index contributed by atoms with van der Waals surface area (Å²) in [6, 6.07) is 1.77. The minimum atomic E-state index is -0.425. The van der Waals surface area contributed by atoms with Crippen LogP contribution in [0.1, 0.15) is 22.2 Å². The number of ether oxygens (including phenoxy) is 1. The summed E-state index contributed by atoms with van der Waals surface area (Å²) in [5.74, 6) is -0.569. The lowest BCUT2D eigenvalue weighted by molar-refractivity contribution is -0.116. The quantitative estimate of drug-likeness (QED) is 0.826. The zero-order chi connectivity index (χ0) is 13.7. The number of nitrogens with one attached hydrogen (secondary N) is 1. The van der Waals surface area contributed by atoms with Gasteiger partial charge in [0, 0.05) is 4.88 Å². The van der Waals surface area contributed by atoms with Gasteiger partial charge in [0.15, 0.2) is 0 Å². The van der Waals surface area contributed by atoms with E-state index >= 15 is 0 Å². The maximum Gasteiger partial charge on any atom is 0.340 e. The maximum absolute atomic E-state index is 11.7. The van der Waals surface area contributed by atoms with E-state index < -0.39 is 5.97 Å². The van der Waals surface area contributed by atoms with Gasteiger partial charge < -0.3 is 15.0 Å². The van der Waals surface area contributed by atoms with Crippen molar-refractivity contribution in [3.8, 4) is 0 Å². The molecule has 0 spiro atoms. The number of rotatable bonds is 5. The molecule has 0 unspecified atom stereocenters. The standard InChI is InChI=1S/C12H18N2O3S/c1-5-8-6-9(12(16)17-4)11(18-8)13-10(15)7-14(2)3/h6H,5,7H2,1-4H3,(H,13,15). The van der Waals surface area contributed by atoms with Crippen molar-refractivity contribution in [1.29, 1.82) is 0 Å². The number of esters is 1. The number of likely N-dealkylation sites (N-methyl/N-ethyl adjacent to an activating group) is 1. The SMILES string of the molecule is CCc1cc(C(=O)OC)c(NC(=O)CN(C)C)s1. The van der Waals surface area contributed by atoms with Crippen molar-refractivity contribution in [3.05, 3.63) is 16.5 Å². The van der Waals surface area contributed by atoms with Crippen LogP contribution in [0.25, 0.3) is 0 Å². The minimum absolute atomic E-state index is 0.144. The van der Waals surface area contributed by atoms with E-state index in [9.17, 15) is 9.59 Å². The molecule has 0 aromatic carbocycles. The molecule has 0 saturated carbocycles. The van der Waals surface area contributed by atoms with Gasteiger partial charge in [-0.1, -0.05) is 6.92 Å². The van der Waals surface area contributed by atoms with Gasteiger partial charge >= 0.3 is 5.97 Å². The normalized spacial score (nSPS) is 10.5. The summed E-state index contributed by atoms with van der Waals surface area (Å²) in [4.78, 5) is 26.1. The van der Waals surface area contributed by atoms with Crippen LogP contribution in [0.2, 0.25) is 0 Å². The summed E-state index contributed by atoms with van der Waals surface area (Å²) in [6.45, 7) is 2.28. The van der Waals surface area contributed by atoms with E-state index in [4.69, 9.17) is 4.74 Å². The van der Waals surface area contributed by atoms with Crippen molar-refractivity contribution in [3.63, 3.8) is 0 Å². The third-order valence-corrected chi connectivity index (χ3v) is 3.44. The topological polar surface area (TPSA) is 58.6 Å². The maximum atomic E-state index is 11.7. The lowest BCUT2D eigenvalue weighted by Crippen LogP contribution is -2.27. The van der Waals surface area contributed by atoms with E-state index in [0.717, 1.165) is 11.3 Å². The van der Waals surface area contributed by atoms with Crippen LogP contribution < -0.4 is 5.32 Å². The number of hydrogen-bond acceptors (Lipinski definition) is 5. The van der Waals surface area contributed by atoms with Crippen LogP contribution >= 0.6 is 11.3 Å². The first-order valence-electron chi connectivity index (χ1n) is 5.63. The molecule has 1 heterocycles. The molecule has 6 heteroatoms. The van der Waals surface area contributed by atoms with Crippen LogP contribution in [0.4, 0.5) is 5.00 Å². The van der Waals surface area contributed by atoms with Crippen LogP contribution in [0.15, 0.2) is 6.07 Å². The molecular weight excluding hydrogens is 252 g/mol. The van der Waals surface area contributed by atoms with Crippen LogP contribution in [-0.2, 0) is 16.0 Å². The first-order chi connectivity index (χ1) is 8.47. The molecule has 0 aliphatic heterocycles. The predicted octanol–water partition coefficient (Wildman–Crippen LogP) is 1.60. The molecule has 1 aromatic rings. The molecule has 1 rings (SSSR count). The third-order valence-electron chi connectivity index (χ3n) is 2.25. The summed E-state index contributed by atoms with van der Waals surface area (Å²) in [7, 11) is 4.95. The van der Waals surface area contributed by atoms with Gasteiger partial charge in [0.2, 0.25) is 5.91 Å². The molecule has 0 aliphatic carbocycles. The molecular formula is C12H18N2O3S. The van der Waals surface area contributed by atoms with E-state index in [0.29, 0.717) is 10.6 Å².